The molecule has 0 saturated carbocycles. The number of hydrogen-bond acceptors (Lipinski definition) is 2. The van der Waals surface area contributed by atoms with Crippen molar-refractivity contribution in [3.63, 3.8) is 0 Å². The molecule has 0 aromatic carbocycles. The van der Waals surface area contributed by atoms with Gasteiger partial charge in [0.1, 0.15) is 6.61 Å². The zero-order valence-corrected chi connectivity index (χ0v) is 8.46. The van der Waals surface area contributed by atoms with E-state index in [1.54, 1.807) is 0 Å². The minimum atomic E-state index is -0.598. The third kappa shape index (κ3) is 8.22. The number of unbranched alkanes of at least 4 members (excludes halogenated alkanes) is 3. The lowest BCUT2D eigenvalue weighted by Gasteiger charge is -2.13. The van der Waals surface area contributed by atoms with Crippen LogP contribution in [0.1, 0.15) is 32.6 Å². The molecular formula is C10H20O3. The normalized spacial score (nSPS) is 13.2. The second-order valence-electron chi connectivity index (χ2n) is 2.90. The van der Waals surface area contributed by atoms with Crippen LogP contribution in [0.2, 0.25) is 0 Å². The fourth-order valence-corrected chi connectivity index (χ4v) is 1.02. The topological polar surface area (TPSA) is 38.4 Å². The van der Waals surface area contributed by atoms with E-state index in [4.69, 9.17) is 9.47 Å². The second kappa shape index (κ2) is 9.96. The van der Waals surface area contributed by atoms with Crippen LogP contribution < -0.4 is 0 Å². The van der Waals surface area contributed by atoms with Crippen molar-refractivity contribution in [3.8, 4) is 0 Å². The van der Waals surface area contributed by atoms with Crippen LogP contribution in [0, 0.1) is 6.92 Å². The van der Waals surface area contributed by atoms with Crippen LogP contribution in [0.5, 0.6) is 0 Å². The molecule has 0 bridgehead atoms. The van der Waals surface area contributed by atoms with Crippen molar-refractivity contribution in [1.29, 1.82) is 0 Å². The summed E-state index contributed by atoms with van der Waals surface area (Å²) in [5.74, 6) is 0. The van der Waals surface area contributed by atoms with E-state index >= 15 is 0 Å². The highest BCUT2D eigenvalue weighted by Crippen LogP contribution is 2.01. The fraction of sp³-hybridized carbons (Fsp3) is 0.900. The van der Waals surface area contributed by atoms with E-state index in [-0.39, 0.29) is 6.61 Å². The Morgan fingerprint density at radius 2 is 2.00 bits per heavy atom. The summed E-state index contributed by atoms with van der Waals surface area (Å²) in [6.07, 6.45) is 4.00. The molecule has 0 N–H and O–H groups in total. The van der Waals surface area contributed by atoms with Crippen molar-refractivity contribution in [1.82, 2.24) is 0 Å². The lowest BCUT2D eigenvalue weighted by molar-refractivity contribution is -0.167. The van der Waals surface area contributed by atoms with E-state index in [2.05, 4.69) is 13.8 Å². The quantitative estimate of drug-likeness (QED) is 0.411. The molecular weight excluding hydrogens is 168 g/mol. The molecule has 78 valence electrons. The van der Waals surface area contributed by atoms with Crippen molar-refractivity contribution in [2.75, 3.05) is 19.8 Å². The maximum atomic E-state index is 10.5. The van der Waals surface area contributed by atoms with Gasteiger partial charge in [-0.15, -0.1) is 0 Å². The molecule has 0 heterocycles. The summed E-state index contributed by atoms with van der Waals surface area (Å²) in [6.45, 7) is 6.22. The van der Waals surface area contributed by atoms with E-state index in [0.717, 1.165) is 12.8 Å². The Morgan fingerprint density at radius 1 is 1.23 bits per heavy atom. The first-order valence-corrected chi connectivity index (χ1v) is 4.95. The van der Waals surface area contributed by atoms with E-state index in [0.29, 0.717) is 13.2 Å². The van der Waals surface area contributed by atoms with E-state index in [1.807, 2.05) is 0 Å². The average molecular weight is 188 g/mol. The predicted octanol–water partition coefficient (Wildman–Crippen LogP) is 2.19. The average Bonchev–Trinajstić information content (AvgIpc) is 2.16. The lowest BCUT2D eigenvalue weighted by atomic mass is 10.2. The minimum Gasteiger partial charge on any atom is -0.350 e. The minimum absolute atomic E-state index is 0.294. The molecule has 1 unspecified atom stereocenters. The Hall–Kier alpha value is -0.120. The highest BCUT2D eigenvalue weighted by atomic mass is 16.7. The smallest absolute Gasteiger partial charge is 0.183 e. The highest BCUT2D eigenvalue weighted by molar-refractivity contribution is 4.44. The summed E-state index contributed by atoms with van der Waals surface area (Å²) in [5.41, 5.74) is 0. The third-order valence-electron chi connectivity index (χ3n) is 1.74. The molecule has 0 aliphatic carbocycles. The molecule has 13 heavy (non-hydrogen) atoms. The molecule has 0 aromatic heterocycles. The molecule has 3 nitrogen and oxygen atoms in total. The molecule has 0 amide bonds. The first kappa shape index (κ1) is 12.9. The first-order chi connectivity index (χ1) is 6.35. The van der Waals surface area contributed by atoms with Gasteiger partial charge >= 0.3 is 0 Å². The molecule has 3 heteroatoms. The number of ether oxygens (including phenoxy) is 2. The SMILES string of the molecule is [CH2]COC(C[O])OCCCCCC. The molecule has 0 aliphatic rings. The van der Waals surface area contributed by atoms with Crippen LogP contribution in [0.3, 0.4) is 0 Å². The summed E-state index contributed by atoms with van der Waals surface area (Å²) in [6, 6.07) is 0. The van der Waals surface area contributed by atoms with Gasteiger partial charge in [0.25, 0.3) is 0 Å². The Labute approximate surface area is 81.0 Å². The van der Waals surface area contributed by atoms with Gasteiger partial charge in [-0.3, -0.25) is 0 Å². The Bertz CT molecular complexity index is 96.2. The van der Waals surface area contributed by atoms with Crippen molar-refractivity contribution in [2.45, 2.75) is 38.9 Å². The van der Waals surface area contributed by atoms with Crippen molar-refractivity contribution in [3.05, 3.63) is 6.92 Å². The maximum Gasteiger partial charge on any atom is 0.183 e. The molecule has 2 radical (unpaired) electrons. The summed E-state index contributed by atoms with van der Waals surface area (Å²) < 4.78 is 10.2. The Morgan fingerprint density at radius 3 is 2.54 bits per heavy atom. The largest absolute Gasteiger partial charge is 0.350 e. The first-order valence-electron chi connectivity index (χ1n) is 4.95. The predicted molar refractivity (Wildman–Crippen MR) is 50.7 cm³/mol. The van der Waals surface area contributed by atoms with Crippen LogP contribution in [-0.4, -0.2) is 26.1 Å². The van der Waals surface area contributed by atoms with Gasteiger partial charge in [-0.25, -0.2) is 5.11 Å². The molecule has 0 fully saturated rings. The van der Waals surface area contributed by atoms with Crippen LogP contribution in [0.4, 0.5) is 0 Å². The van der Waals surface area contributed by atoms with Crippen molar-refractivity contribution < 1.29 is 14.6 Å². The Kier molecular flexibility index (Phi) is 9.87. The summed E-state index contributed by atoms with van der Waals surface area (Å²) in [4.78, 5) is 0. The number of hydrogen-bond donors (Lipinski definition) is 0. The van der Waals surface area contributed by atoms with Gasteiger partial charge in [-0.1, -0.05) is 26.2 Å². The van der Waals surface area contributed by atoms with Gasteiger partial charge in [0.05, 0.1) is 0 Å². The molecule has 0 aliphatic heterocycles. The van der Waals surface area contributed by atoms with Gasteiger partial charge < -0.3 is 9.47 Å². The van der Waals surface area contributed by atoms with Gasteiger partial charge in [-0.2, -0.15) is 0 Å². The van der Waals surface area contributed by atoms with Crippen LogP contribution in [-0.2, 0) is 14.6 Å². The number of rotatable bonds is 9. The standard InChI is InChI=1S/C10H20O3/c1-3-5-6-7-8-13-10(9-11)12-4-2/h10H,2-9H2,1H3. The van der Waals surface area contributed by atoms with Gasteiger partial charge in [0.15, 0.2) is 6.29 Å². The summed E-state index contributed by atoms with van der Waals surface area (Å²) in [7, 11) is 0. The van der Waals surface area contributed by atoms with Gasteiger partial charge in [0.2, 0.25) is 0 Å². The lowest BCUT2D eigenvalue weighted by Crippen LogP contribution is -2.21. The highest BCUT2D eigenvalue weighted by Gasteiger charge is 2.06. The molecule has 0 saturated heterocycles. The molecule has 0 rings (SSSR count). The molecule has 0 aromatic rings. The zero-order valence-electron chi connectivity index (χ0n) is 8.46. The molecule has 0 spiro atoms. The Balaban J connectivity index is 3.17. The van der Waals surface area contributed by atoms with Crippen molar-refractivity contribution >= 4 is 0 Å². The van der Waals surface area contributed by atoms with Crippen LogP contribution in [0.15, 0.2) is 0 Å². The third-order valence-corrected chi connectivity index (χ3v) is 1.74. The summed E-state index contributed by atoms with van der Waals surface area (Å²) >= 11 is 0. The monoisotopic (exact) mass is 188 g/mol. The van der Waals surface area contributed by atoms with Crippen LogP contribution in [0.25, 0.3) is 0 Å². The van der Waals surface area contributed by atoms with Gasteiger partial charge in [-0.05, 0) is 13.3 Å². The fourth-order valence-electron chi connectivity index (χ4n) is 1.02. The van der Waals surface area contributed by atoms with Crippen LogP contribution >= 0.6 is 0 Å². The van der Waals surface area contributed by atoms with E-state index < -0.39 is 6.29 Å². The van der Waals surface area contributed by atoms with Crippen molar-refractivity contribution in [2.24, 2.45) is 0 Å². The van der Waals surface area contributed by atoms with E-state index in [9.17, 15) is 5.11 Å². The van der Waals surface area contributed by atoms with Gasteiger partial charge in [0, 0.05) is 13.2 Å². The van der Waals surface area contributed by atoms with E-state index in [1.165, 1.54) is 12.8 Å². The second-order valence-corrected chi connectivity index (χ2v) is 2.90. The maximum absolute atomic E-state index is 10.5. The zero-order chi connectivity index (χ0) is 9.94. The summed E-state index contributed by atoms with van der Waals surface area (Å²) in [5, 5.41) is 10.5. The molecule has 1 atom stereocenters.